The van der Waals surface area contributed by atoms with Crippen LogP contribution in [-0.4, -0.2) is 17.6 Å². The number of amides is 1. The second kappa shape index (κ2) is 7.63. The Kier molecular flexibility index (Phi) is 5.79. The first-order valence-electron chi connectivity index (χ1n) is 8.44. The molecule has 24 heavy (non-hydrogen) atoms. The Morgan fingerprint density at radius 1 is 1.12 bits per heavy atom. The summed E-state index contributed by atoms with van der Waals surface area (Å²) in [6, 6.07) is 15.9. The predicted octanol–water partition coefficient (Wildman–Crippen LogP) is 3.90. The molecule has 2 N–H and O–H groups in total. The highest BCUT2D eigenvalue weighted by Gasteiger charge is 2.30. The Morgan fingerprint density at radius 2 is 1.79 bits per heavy atom. The fraction of sp³-hybridized carbons (Fsp3) is 0.381. The predicted molar refractivity (Wildman–Crippen MR) is 98.7 cm³/mol. The third kappa shape index (κ3) is 4.04. The van der Waals surface area contributed by atoms with Gasteiger partial charge in [0.25, 0.3) is 0 Å². The third-order valence-electron chi connectivity index (χ3n) is 4.32. The van der Waals surface area contributed by atoms with Crippen molar-refractivity contribution in [2.75, 3.05) is 6.54 Å². The van der Waals surface area contributed by atoms with Crippen LogP contribution in [0, 0.1) is 5.92 Å². The lowest BCUT2D eigenvalue weighted by atomic mass is 9.81. The molecular formula is C21H27NO2. The van der Waals surface area contributed by atoms with Gasteiger partial charge in [-0.2, -0.15) is 0 Å². The maximum absolute atomic E-state index is 12.6. The average Bonchev–Trinajstić information content (AvgIpc) is 2.59. The number of benzene rings is 2. The van der Waals surface area contributed by atoms with E-state index in [1.165, 1.54) is 0 Å². The number of carbonyl (C=O) groups is 1. The number of rotatable bonds is 6. The van der Waals surface area contributed by atoms with Gasteiger partial charge in [-0.15, -0.1) is 0 Å². The van der Waals surface area contributed by atoms with Gasteiger partial charge in [0.1, 0.15) is 0 Å². The van der Waals surface area contributed by atoms with Crippen molar-refractivity contribution in [1.82, 2.24) is 5.32 Å². The zero-order chi connectivity index (χ0) is 17.7. The summed E-state index contributed by atoms with van der Waals surface area (Å²) in [7, 11) is 0. The lowest BCUT2D eigenvalue weighted by molar-refractivity contribution is -0.125. The van der Waals surface area contributed by atoms with E-state index in [1.54, 1.807) is 0 Å². The minimum absolute atomic E-state index is 0.00699. The molecule has 0 unspecified atom stereocenters. The molecule has 2 aromatic carbocycles. The molecule has 3 heteroatoms. The average molecular weight is 325 g/mol. The van der Waals surface area contributed by atoms with Crippen LogP contribution in [0.4, 0.5) is 0 Å². The molecular weight excluding hydrogens is 298 g/mol. The first kappa shape index (κ1) is 18.2. The third-order valence-corrected chi connectivity index (χ3v) is 4.32. The molecule has 0 aliphatic heterocycles. The molecule has 0 aliphatic rings. The zero-order valence-corrected chi connectivity index (χ0v) is 15.0. The molecule has 0 bridgehead atoms. The number of hydrogen-bond acceptors (Lipinski definition) is 2. The Labute approximate surface area is 144 Å². The maximum atomic E-state index is 12.6. The summed E-state index contributed by atoms with van der Waals surface area (Å²) in [5.41, 5.74) is 3.17. The largest absolute Gasteiger partial charge is 0.392 e. The zero-order valence-electron chi connectivity index (χ0n) is 15.0. The molecule has 3 nitrogen and oxygen atoms in total. The summed E-state index contributed by atoms with van der Waals surface area (Å²) in [6.45, 7) is 8.60. The fourth-order valence-electron chi connectivity index (χ4n) is 2.66. The van der Waals surface area contributed by atoms with Crippen LogP contribution < -0.4 is 5.32 Å². The van der Waals surface area contributed by atoms with Crippen LogP contribution in [0.5, 0.6) is 0 Å². The summed E-state index contributed by atoms with van der Waals surface area (Å²) in [4.78, 5) is 12.6. The van der Waals surface area contributed by atoms with Crippen molar-refractivity contribution in [2.45, 2.75) is 39.7 Å². The first-order valence-corrected chi connectivity index (χ1v) is 8.44. The summed E-state index contributed by atoms with van der Waals surface area (Å²) in [6.07, 6.45) is 0. The van der Waals surface area contributed by atoms with Crippen LogP contribution in [0.2, 0.25) is 0 Å². The van der Waals surface area contributed by atoms with Gasteiger partial charge in [-0.3, -0.25) is 4.79 Å². The Balaban J connectivity index is 2.33. The summed E-state index contributed by atoms with van der Waals surface area (Å²) in [5.74, 6) is 0.422. The molecule has 0 fully saturated rings. The van der Waals surface area contributed by atoms with Gasteiger partial charge < -0.3 is 10.4 Å². The van der Waals surface area contributed by atoms with Gasteiger partial charge >= 0.3 is 0 Å². The molecule has 2 aromatic rings. The molecule has 0 atom stereocenters. The SMILES string of the molecule is CC(C)CNC(=O)C(C)(C)c1ccc(-c2ccccc2)c(CO)c1. The smallest absolute Gasteiger partial charge is 0.230 e. The van der Waals surface area contributed by atoms with E-state index >= 15 is 0 Å². The fourth-order valence-corrected chi connectivity index (χ4v) is 2.66. The molecule has 0 saturated carbocycles. The second-order valence-electron chi connectivity index (χ2n) is 7.12. The van der Waals surface area contributed by atoms with Crippen molar-refractivity contribution >= 4 is 5.91 Å². The lowest BCUT2D eigenvalue weighted by Crippen LogP contribution is -2.41. The van der Waals surface area contributed by atoms with Crippen LogP contribution in [-0.2, 0) is 16.8 Å². The first-order chi connectivity index (χ1) is 11.4. The van der Waals surface area contributed by atoms with Crippen LogP contribution in [0.3, 0.4) is 0 Å². The molecule has 128 valence electrons. The topological polar surface area (TPSA) is 49.3 Å². The van der Waals surface area contributed by atoms with Gasteiger partial charge in [-0.1, -0.05) is 62.4 Å². The van der Waals surface area contributed by atoms with Gasteiger partial charge in [-0.25, -0.2) is 0 Å². The highest BCUT2D eigenvalue weighted by molar-refractivity contribution is 5.87. The van der Waals surface area contributed by atoms with Crippen LogP contribution in [0.1, 0.15) is 38.8 Å². The molecule has 1 amide bonds. The van der Waals surface area contributed by atoms with Crippen LogP contribution in [0.15, 0.2) is 48.5 Å². The number of aliphatic hydroxyl groups is 1. The number of nitrogens with one attached hydrogen (secondary N) is 1. The molecule has 0 radical (unpaired) electrons. The summed E-state index contributed by atoms with van der Waals surface area (Å²) < 4.78 is 0. The van der Waals surface area contributed by atoms with E-state index in [9.17, 15) is 9.90 Å². The summed E-state index contributed by atoms with van der Waals surface area (Å²) >= 11 is 0. The van der Waals surface area contributed by atoms with Gasteiger partial charge in [0, 0.05) is 6.54 Å². The number of aliphatic hydroxyl groups excluding tert-OH is 1. The van der Waals surface area contributed by atoms with Gasteiger partial charge in [0.2, 0.25) is 5.91 Å². The van der Waals surface area contributed by atoms with E-state index in [-0.39, 0.29) is 12.5 Å². The van der Waals surface area contributed by atoms with Crippen molar-refractivity contribution in [3.8, 4) is 11.1 Å². The van der Waals surface area contributed by atoms with Gasteiger partial charge in [0.15, 0.2) is 0 Å². The van der Waals surface area contributed by atoms with Crippen LogP contribution >= 0.6 is 0 Å². The van der Waals surface area contributed by atoms with Gasteiger partial charge in [-0.05, 0) is 42.0 Å². The minimum atomic E-state index is -0.645. The normalized spacial score (nSPS) is 11.6. The molecule has 0 heterocycles. The monoisotopic (exact) mass is 325 g/mol. The Hall–Kier alpha value is -2.13. The van der Waals surface area contributed by atoms with Crippen LogP contribution in [0.25, 0.3) is 11.1 Å². The van der Waals surface area contributed by atoms with E-state index in [0.29, 0.717) is 12.5 Å². The minimum Gasteiger partial charge on any atom is -0.392 e. The van der Waals surface area contributed by atoms with Crippen molar-refractivity contribution in [3.63, 3.8) is 0 Å². The quantitative estimate of drug-likeness (QED) is 0.846. The number of hydrogen-bond donors (Lipinski definition) is 2. The van der Waals surface area contributed by atoms with E-state index in [0.717, 1.165) is 22.3 Å². The standard InChI is InChI=1S/C21H27NO2/c1-15(2)13-22-20(24)21(3,4)18-10-11-19(17(12-18)14-23)16-8-6-5-7-9-16/h5-12,15,23H,13-14H2,1-4H3,(H,22,24). The maximum Gasteiger partial charge on any atom is 0.230 e. The van der Waals surface area contributed by atoms with Crippen molar-refractivity contribution in [2.24, 2.45) is 5.92 Å². The van der Waals surface area contributed by atoms with E-state index < -0.39 is 5.41 Å². The van der Waals surface area contributed by atoms with E-state index in [4.69, 9.17) is 0 Å². The van der Waals surface area contributed by atoms with E-state index in [1.807, 2.05) is 62.4 Å². The van der Waals surface area contributed by atoms with Crippen molar-refractivity contribution < 1.29 is 9.90 Å². The highest BCUT2D eigenvalue weighted by atomic mass is 16.3. The Bertz CT molecular complexity index is 690. The molecule has 0 aliphatic carbocycles. The molecule has 2 rings (SSSR count). The molecule has 0 saturated heterocycles. The lowest BCUT2D eigenvalue weighted by Gasteiger charge is -2.26. The van der Waals surface area contributed by atoms with Crippen molar-refractivity contribution in [1.29, 1.82) is 0 Å². The summed E-state index contributed by atoms with van der Waals surface area (Å²) in [5, 5.41) is 12.8. The molecule has 0 spiro atoms. The highest BCUT2D eigenvalue weighted by Crippen LogP contribution is 2.30. The molecule has 0 aromatic heterocycles. The second-order valence-corrected chi connectivity index (χ2v) is 7.12. The van der Waals surface area contributed by atoms with Crippen molar-refractivity contribution in [3.05, 3.63) is 59.7 Å². The van der Waals surface area contributed by atoms with Gasteiger partial charge in [0.05, 0.1) is 12.0 Å². The van der Waals surface area contributed by atoms with E-state index in [2.05, 4.69) is 19.2 Å². The number of carbonyl (C=O) groups excluding carboxylic acids is 1. The Morgan fingerprint density at radius 3 is 2.38 bits per heavy atom.